The molecule has 0 saturated carbocycles. The summed E-state index contributed by atoms with van der Waals surface area (Å²) in [4.78, 5) is 14.6. The molecule has 0 radical (unpaired) electrons. The summed E-state index contributed by atoms with van der Waals surface area (Å²) in [6.07, 6.45) is 2.88. The van der Waals surface area contributed by atoms with E-state index in [-0.39, 0.29) is 11.9 Å². The van der Waals surface area contributed by atoms with Gasteiger partial charge < -0.3 is 4.90 Å². The quantitative estimate of drug-likeness (QED) is 0.714. The highest BCUT2D eigenvalue weighted by Gasteiger charge is 2.28. The van der Waals surface area contributed by atoms with Gasteiger partial charge in [-0.05, 0) is 30.4 Å². The van der Waals surface area contributed by atoms with Gasteiger partial charge in [0.25, 0.3) is 5.91 Å². The minimum absolute atomic E-state index is 0.0561. The molecule has 2 N–H and O–H groups in total. The van der Waals surface area contributed by atoms with Crippen molar-refractivity contribution in [3.8, 4) is 0 Å². The van der Waals surface area contributed by atoms with Gasteiger partial charge in [0.1, 0.15) is 4.21 Å². The minimum Gasteiger partial charge on any atom is -0.338 e. The van der Waals surface area contributed by atoms with E-state index in [1.54, 1.807) is 34.7 Å². The van der Waals surface area contributed by atoms with Gasteiger partial charge in [0.05, 0.1) is 17.3 Å². The number of thiophene rings is 1. The Hall–Kier alpha value is -2.23. The second-order valence-electron chi connectivity index (χ2n) is 6.26. The monoisotopic (exact) mass is 390 g/mol. The summed E-state index contributed by atoms with van der Waals surface area (Å²) in [6, 6.07) is 8.68. The second kappa shape index (κ2) is 6.82. The van der Waals surface area contributed by atoms with Gasteiger partial charge in [0, 0.05) is 24.5 Å². The Balaban J connectivity index is 1.42. The molecule has 9 heteroatoms. The average Bonchev–Trinajstić information content (AvgIpc) is 3.33. The highest BCUT2D eigenvalue weighted by molar-refractivity contribution is 7.91. The van der Waals surface area contributed by atoms with E-state index in [4.69, 9.17) is 0 Å². The molecule has 26 heavy (non-hydrogen) atoms. The zero-order valence-corrected chi connectivity index (χ0v) is 15.5. The lowest BCUT2D eigenvalue weighted by Crippen LogP contribution is -2.46. The van der Waals surface area contributed by atoms with Gasteiger partial charge >= 0.3 is 0 Å². The first-order valence-corrected chi connectivity index (χ1v) is 10.7. The van der Waals surface area contributed by atoms with Crippen LogP contribution in [0.2, 0.25) is 0 Å². The van der Waals surface area contributed by atoms with E-state index in [1.807, 2.05) is 12.1 Å². The number of fused-ring (bicyclic) bond motifs is 1. The minimum atomic E-state index is -3.48. The molecule has 1 amide bonds. The smallest absolute Gasteiger partial charge is 0.256 e. The topological polar surface area (TPSA) is 95.2 Å². The molecule has 0 bridgehead atoms. The number of carbonyl (C=O) groups excluding carboxylic acids is 1. The molecule has 3 aromatic rings. The van der Waals surface area contributed by atoms with E-state index in [9.17, 15) is 13.2 Å². The molecule has 1 aliphatic heterocycles. The maximum atomic E-state index is 12.8. The number of nitrogens with zero attached hydrogens (tertiary/aromatic N) is 2. The first-order chi connectivity index (χ1) is 12.5. The highest BCUT2D eigenvalue weighted by atomic mass is 32.2. The van der Waals surface area contributed by atoms with Crippen molar-refractivity contribution in [2.45, 2.75) is 23.1 Å². The van der Waals surface area contributed by atoms with Gasteiger partial charge in [0.15, 0.2) is 0 Å². The van der Waals surface area contributed by atoms with Crippen LogP contribution in [0.25, 0.3) is 10.9 Å². The molecule has 0 aliphatic carbocycles. The van der Waals surface area contributed by atoms with Crippen molar-refractivity contribution >= 4 is 38.2 Å². The molecule has 2 aromatic heterocycles. The van der Waals surface area contributed by atoms with E-state index < -0.39 is 10.0 Å². The summed E-state index contributed by atoms with van der Waals surface area (Å²) in [6.45, 7) is 1.03. The van der Waals surface area contributed by atoms with Crippen LogP contribution in [0.5, 0.6) is 0 Å². The number of piperidine rings is 1. The van der Waals surface area contributed by atoms with Gasteiger partial charge in [-0.25, -0.2) is 13.1 Å². The maximum absolute atomic E-state index is 12.8. The zero-order valence-electron chi connectivity index (χ0n) is 13.9. The van der Waals surface area contributed by atoms with Crippen LogP contribution in [-0.2, 0) is 10.0 Å². The van der Waals surface area contributed by atoms with Crippen molar-refractivity contribution in [2.75, 3.05) is 13.1 Å². The standard InChI is InChI=1S/C17H18N4O3S2/c22-17(14-4-1-3-12-11-18-19-16(12)14)21-8-6-13(7-9-21)20-26(23,24)15-5-2-10-25-15/h1-5,10-11,13,20H,6-9H2,(H,18,19). The lowest BCUT2D eigenvalue weighted by atomic mass is 10.0. The van der Waals surface area contributed by atoms with Gasteiger partial charge in [-0.15, -0.1) is 11.3 Å². The van der Waals surface area contributed by atoms with E-state index in [1.165, 1.54) is 11.3 Å². The normalized spacial score (nSPS) is 16.2. The first kappa shape index (κ1) is 17.2. The van der Waals surface area contributed by atoms with Crippen molar-refractivity contribution in [2.24, 2.45) is 0 Å². The van der Waals surface area contributed by atoms with Crippen LogP contribution < -0.4 is 4.72 Å². The third-order valence-corrected chi connectivity index (χ3v) is 7.49. The van der Waals surface area contributed by atoms with E-state index in [0.29, 0.717) is 35.7 Å². The third kappa shape index (κ3) is 3.25. The zero-order chi connectivity index (χ0) is 18.1. The Bertz CT molecular complexity index is 1020. The highest BCUT2D eigenvalue weighted by Crippen LogP contribution is 2.22. The van der Waals surface area contributed by atoms with Gasteiger partial charge in [0.2, 0.25) is 10.0 Å². The predicted octanol–water partition coefficient (Wildman–Crippen LogP) is 2.21. The van der Waals surface area contributed by atoms with Gasteiger partial charge in [-0.2, -0.15) is 5.10 Å². The number of carbonyl (C=O) groups is 1. The summed E-state index contributed by atoms with van der Waals surface area (Å²) in [5, 5.41) is 9.51. The molecule has 0 unspecified atom stereocenters. The Kier molecular flexibility index (Phi) is 4.51. The molecule has 136 valence electrons. The van der Waals surface area contributed by atoms with Gasteiger partial charge in [-0.3, -0.25) is 9.89 Å². The maximum Gasteiger partial charge on any atom is 0.256 e. The molecule has 0 spiro atoms. The molecule has 1 saturated heterocycles. The Morgan fingerprint density at radius 1 is 1.23 bits per heavy atom. The van der Waals surface area contributed by atoms with Crippen LogP contribution in [-0.4, -0.2) is 48.6 Å². The largest absolute Gasteiger partial charge is 0.338 e. The van der Waals surface area contributed by atoms with Gasteiger partial charge in [-0.1, -0.05) is 18.2 Å². The number of sulfonamides is 1. The summed E-state index contributed by atoms with van der Waals surface area (Å²) >= 11 is 1.20. The molecule has 7 nitrogen and oxygen atoms in total. The van der Waals surface area contributed by atoms with E-state index in [2.05, 4.69) is 14.9 Å². The number of para-hydroxylation sites is 1. The van der Waals surface area contributed by atoms with Crippen LogP contribution in [0.3, 0.4) is 0 Å². The lowest BCUT2D eigenvalue weighted by molar-refractivity contribution is 0.0713. The van der Waals surface area contributed by atoms with Crippen LogP contribution in [0, 0.1) is 0 Å². The van der Waals surface area contributed by atoms with Crippen LogP contribution in [0.4, 0.5) is 0 Å². The number of hydrogen-bond donors (Lipinski definition) is 2. The molecule has 1 aromatic carbocycles. The number of H-pyrrole nitrogens is 1. The fourth-order valence-electron chi connectivity index (χ4n) is 3.21. The molecule has 4 rings (SSSR count). The SMILES string of the molecule is O=C(c1cccc2cn[nH]c12)N1CCC(NS(=O)(=O)c2cccs2)CC1. The molecule has 0 atom stereocenters. The third-order valence-electron chi connectivity index (χ3n) is 4.57. The Morgan fingerprint density at radius 2 is 2.04 bits per heavy atom. The fraction of sp³-hybridized carbons (Fsp3) is 0.294. The Morgan fingerprint density at radius 3 is 2.77 bits per heavy atom. The average molecular weight is 390 g/mol. The predicted molar refractivity (Wildman–Crippen MR) is 99.7 cm³/mol. The number of rotatable bonds is 4. The van der Waals surface area contributed by atoms with Crippen LogP contribution >= 0.6 is 11.3 Å². The number of benzene rings is 1. The van der Waals surface area contributed by atoms with E-state index in [0.717, 1.165) is 10.9 Å². The molecule has 3 heterocycles. The number of hydrogen-bond acceptors (Lipinski definition) is 5. The first-order valence-electron chi connectivity index (χ1n) is 8.32. The summed E-state index contributed by atoms with van der Waals surface area (Å²) < 4.78 is 27.7. The number of aromatic nitrogens is 2. The summed E-state index contributed by atoms with van der Waals surface area (Å²) in [5.74, 6) is -0.0561. The number of likely N-dealkylation sites (tertiary alicyclic amines) is 1. The fourth-order valence-corrected chi connectivity index (χ4v) is 5.53. The van der Waals surface area contributed by atoms with Crippen molar-refractivity contribution in [3.05, 3.63) is 47.5 Å². The molecule has 1 fully saturated rings. The summed E-state index contributed by atoms with van der Waals surface area (Å²) in [5.41, 5.74) is 1.33. The second-order valence-corrected chi connectivity index (χ2v) is 9.15. The number of aromatic amines is 1. The van der Waals surface area contributed by atoms with Crippen molar-refractivity contribution < 1.29 is 13.2 Å². The van der Waals surface area contributed by atoms with Crippen LogP contribution in [0.1, 0.15) is 23.2 Å². The number of amides is 1. The number of nitrogens with one attached hydrogen (secondary N) is 2. The molecule has 1 aliphatic rings. The molecular weight excluding hydrogens is 372 g/mol. The van der Waals surface area contributed by atoms with Crippen LogP contribution in [0.15, 0.2) is 46.1 Å². The van der Waals surface area contributed by atoms with Crippen molar-refractivity contribution in [3.63, 3.8) is 0 Å². The molecular formula is C17H18N4O3S2. The van der Waals surface area contributed by atoms with Crippen molar-refractivity contribution in [1.29, 1.82) is 0 Å². The van der Waals surface area contributed by atoms with Crippen molar-refractivity contribution in [1.82, 2.24) is 19.8 Å². The lowest BCUT2D eigenvalue weighted by Gasteiger charge is -2.32. The summed E-state index contributed by atoms with van der Waals surface area (Å²) in [7, 11) is -3.48. The Labute approximate surface area is 155 Å². The van der Waals surface area contributed by atoms with E-state index >= 15 is 0 Å².